The molecule has 6 nitrogen and oxygen atoms in total. The average Bonchev–Trinajstić information content (AvgIpc) is 2.87. The number of nitrogens with zero attached hydrogens (tertiary/aromatic N) is 2. The van der Waals surface area contributed by atoms with Crippen LogP contribution in [-0.2, 0) is 0 Å². The van der Waals surface area contributed by atoms with Crippen LogP contribution in [0.25, 0.3) is 11.1 Å². The van der Waals surface area contributed by atoms with E-state index in [1.165, 1.54) is 0 Å². The quantitative estimate of drug-likeness (QED) is 0.527. The minimum Gasteiger partial charge on any atom is -0.497 e. The molecule has 4 rings (SSSR count). The number of pyridine rings is 1. The topological polar surface area (TPSA) is 60.9 Å². The number of carbonyl (C=O) groups is 1. The van der Waals surface area contributed by atoms with Crippen LogP contribution in [0.4, 0.5) is 0 Å². The summed E-state index contributed by atoms with van der Waals surface area (Å²) in [4.78, 5) is 19.9. The molecule has 1 aliphatic heterocycles. The van der Waals surface area contributed by atoms with Gasteiger partial charge in [-0.05, 0) is 67.3 Å². The Balaban J connectivity index is 1.49. The first-order chi connectivity index (χ1) is 16.0. The van der Waals surface area contributed by atoms with Crippen LogP contribution in [0.1, 0.15) is 40.5 Å². The molecule has 1 amide bonds. The predicted molar refractivity (Wildman–Crippen MR) is 128 cm³/mol. The minimum absolute atomic E-state index is 0.0275. The van der Waals surface area contributed by atoms with E-state index in [9.17, 15) is 4.79 Å². The first-order valence-corrected chi connectivity index (χ1v) is 11.2. The molecule has 33 heavy (non-hydrogen) atoms. The number of rotatable bonds is 6. The summed E-state index contributed by atoms with van der Waals surface area (Å²) in [6.45, 7) is 3.39. The van der Waals surface area contributed by atoms with Crippen molar-refractivity contribution in [1.82, 2.24) is 9.88 Å². The molecule has 0 atom stereocenters. The fourth-order valence-electron chi connectivity index (χ4n) is 4.46. The Morgan fingerprint density at radius 2 is 1.64 bits per heavy atom. The van der Waals surface area contributed by atoms with Crippen LogP contribution in [0.15, 0.2) is 54.6 Å². The minimum atomic E-state index is -0.0275. The lowest BCUT2D eigenvalue weighted by atomic mass is 9.91. The fourth-order valence-corrected chi connectivity index (χ4v) is 4.46. The van der Waals surface area contributed by atoms with Gasteiger partial charge in [-0.15, -0.1) is 0 Å². The Labute approximate surface area is 195 Å². The molecule has 172 valence electrons. The third-order valence-electron chi connectivity index (χ3n) is 6.23. The zero-order chi connectivity index (χ0) is 23.4. The Hall–Kier alpha value is -3.54. The summed E-state index contributed by atoms with van der Waals surface area (Å²) in [5, 5.41) is 0. The van der Waals surface area contributed by atoms with Gasteiger partial charge in [-0.2, -0.15) is 0 Å². The maximum absolute atomic E-state index is 13.2. The van der Waals surface area contributed by atoms with Gasteiger partial charge in [-0.25, -0.2) is 0 Å². The zero-order valence-electron chi connectivity index (χ0n) is 19.6. The van der Waals surface area contributed by atoms with E-state index < -0.39 is 0 Å². The number of para-hydroxylation sites is 1. The zero-order valence-corrected chi connectivity index (χ0v) is 19.6. The van der Waals surface area contributed by atoms with E-state index in [1.54, 1.807) is 33.5 Å². The van der Waals surface area contributed by atoms with Crippen molar-refractivity contribution in [2.45, 2.75) is 25.7 Å². The van der Waals surface area contributed by atoms with Crippen LogP contribution in [0, 0.1) is 6.92 Å². The van der Waals surface area contributed by atoms with Crippen LogP contribution in [-0.4, -0.2) is 50.2 Å². The second kappa shape index (κ2) is 9.94. The molecule has 2 heterocycles. The number of aromatic nitrogens is 1. The summed E-state index contributed by atoms with van der Waals surface area (Å²) in [7, 11) is 4.81. The molecule has 1 saturated heterocycles. The molecule has 3 aromatic rings. The normalized spacial score (nSPS) is 14.1. The van der Waals surface area contributed by atoms with E-state index in [2.05, 4.69) is 24.3 Å². The van der Waals surface area contributed by atoms with E-state index in [1.807, 2.05) is 30.0 Å². The second-order valence-electron chi connectivity index (χ2n) is 8.26. The molecule has 0 saturated carbocycles. The molecule has 1 fully saturated rings. The molecule has 0 spiro atoms. The summed E-state index contributed by atoms with van der Waals surface area (Å²) in [6.07, 6.45) is 1.74. The van der Waals surface area contributed by atoms with Crippen molar-refractivity contribution in [2.24, 2.45) is 0 Å². The van der Waals surface area contributed by atoms with Crippen LogP contribution in [0.2, 0.25) is 0 Å². The summed E-state index contributed by atoms with van der Waals surface area (Å²) in [6, 6.07) is 17.8. The lowest BCUT2D eigenvalue weighted by molar-refractivity contribution is 0.0708. The molecule has 0 bridgehead atoms. The highest BCUT2D eigenvalue weighted by atomic mass is 16.5. The van der Waals surface area contributed by atoms with E-state index in [4.69, 9.17) is 19.2 Å². The number of carbonyl (C=O) groups excluding carboxylic acids is 1. The van der Waals surface area contributed by atoms with Gasteiger partial charge in [0.2, 0.25) is 0 Å². The maximum atomic E-state index is 13.2. The number of piperidine rings is 1. The van der Waals surface area contributed by atoms with Gasteiger partial charge in [-0.1, -0.05) is 18.2 Å². The molecule has 0 unspecified atom stereocenters. The summed E-state index contributed by atoms with van der Waals surface area (Å²) < 4.78 is 16.1. The van der Waals surface area contributed by atoms with Crippen molar-refractivity contribution in [3.05, 3.63) is 71.5 Å². The second-order valence-corrected chi connectivity index (χ2v) is 8.26. The third-order valence-corrected chi connectivity index (χ3v) is 6.23. The van der Waals surface area contributed by atoms with E-state index in [0.717, 1.165) is 41.1 Å². The molecule has 2 aromatic carbocycles. The number of likely N-dealkylation sites (tertiary alicyclic amines) is 1. The van der Waals surface area contributed by atoms with Gasteiger partial charge in [0.25, 0.3) is 5.91 Å². The van der Waals surface area contributed by atoms with Crippen LogP contribution < -0.4 is 14.2 Å². The average molecular weight is 447 g/mol. The maximum Gasteiger partial charge on any atom is 0.257 e. The Morgan fingerprint density at radius 1 is 0.909 bits per heavy atom. The van der Waals surface area contributed by atoms with Gasteiger partial charge >= 0.3 is 0 Å². The Morgan fingerprint density at radius 3 is 2.27 bits per heavy atom. The molecule has 0 N–H and O–H groups in total. The number of hydrogen-bond acceptors (Lipinski definition) is 5. The van der Waals surface area contributed by atoms with E-state index in [0.29, 0.717) is 36.1 Å². The predicted octanol–water partition coefficient (Wildman–Crippen LogP) is 5.10. The van der Waals surface area contributed by atoms with Gasteiger partial charge in [0.15, 0.2) is 11.5 Å². The molecule has 0 radical (unpaired) electrons. The number of methoxy groups -OCH3 is 3. The number of benzene rings is 2. The standard InChI is InChI=1S/C27H30N2O4/c1-18-16-21(19-8-10-22(31-2)11-9-19)17-24(28-18)20-12-14-29(15-13-20)27(30)23-6-5-7-25(32-3)26(23)33-4/h5-11,16-17,20H,12-15H2,1-4H3. The number of ether oxygens (including phenoxy) is 3. The van der Waals surface area contributed by atoms with Gasteiger partial charge < -0.3 is 19.1 Å². The summed E-state index contributed by atoms with van der Waals surface area (Å²) in [5.74, 6) is 2.18. The number of aryl methyl sites for hydroxylation is 1. The molecule has 1 aromatic heterocycles. The van der Waals surface area contributed by atoms with E-state index in [-0.39, 0.29) is 5.91 Å². The fraction of sp³-hybridized carbons (Fsp3) is 0.333. The largest absolute Gasteiger partial charge is 0.497 e. The first kappa shape index (κ1) is 22.6. The van der Waals surface area contributed by atoms with Gasteiger partial charge in [0, 0.05) is 30.4 Å². The van der Waals surface area contributed by atoms with Crippen molar-refractivity contribution >= 4 is 5.91 Å². The van der Waals surface area contributed by atoms with Gasteiger partial charge in [0.05, 0.1) is 26.9 Å². The third kappa shape index (κ3) is 4.80. The van der Waals surface area contributed by atoms with Crippen molar-refractivity contribution in [3.8, 4) is 28.4 Å². The first-order valence-electron chi connectivity index (χ1n) is 11.2. The molecule has 1 aliphatic rings. The summed E-state index contributed by atoms with van der Waals surface area (Å²) in [5.41, 5.74) is 4.91. The lowest BCUT2D eigenvalue weighted by Gasteiger charge is -2.32. The molecule has 6 heteroatoms. The van der Waals surface area contributed by atoms with Gasteiger partial charge in [-0.3, -0.25) is 9.78 Å². The van der Waals surface area contributed by atoms with Crippen molar-refractivity contribution in [1.29, 1.82) is 0 Å². The highest BCUT2D eigenvalue weighted by Crippen LogP contribution is 2.34. The smallest absolute Gasteiger partial charge is 0.257 e. The van der Waals surface area contributed by atoms with Crippen LogP contribution in [0.3, 0.4) is 0 Å². The highest BCUT2D eigenvalue weighted by molar-refractivity contribution is 5.98. The molecular weight excluding hydrogens is 416 g/mol. The lowest BCUT2D eigenvalue weighted by Crippen LogP contribution is -2.38. The number of amides is 1. The highest BCUT2D eigenvalue weighted by Gasteiger charge is 2.28. The van der Waals surface area contributed by atoms with Crippen LogP contribution in [0.5, 0.6) is 17.2 Å². The summed E-state index contributed by atoms with van der Waals surface area (Å²) >= 11 is 0. The Kier molecular flexibility index (Phi) is 6.82. The number of hydrogen-bond donors (Lipinski definition) is 0. The van der Waals surface area contributed by atoms with E-state index >= 15 is 0 Å². The monoisotopic (exact) mass is 446 g/mol. The van der Waals surface area contributed by atoms with Gasteiger partial charge in [0.1, 0.15) is 5.75 Å². The van der Waals surface area contributed by atoms with Crippen LogP contribution >= 0.6 is 0 Å². The molecular formula is C27H30N2O4. The van der Waals surface area contributed by atoms with Crippen molar-refractivity contribution < 1.29 is 19.0 Å². The Bertz CT molecular complexity index is 1120. The van der Waals surface area contributed by atoms with Crippen molar-refractivity contribution in [3.63, 3.8) is 0 Å². The molecule has 0 aliphatic carbocycles. The van der Waals surface area contributed by atoms with Crippen molar-refractivity contribution in [2.75, 3.05) is 34.4 Å². The SMILES string of the molecule is COc1ccc(-c2cc(C)nc(C3CCN(C(=O)c4cccc(OC)c4OC)CC3)c2)cc1.